The number of amides is 1. The van der Waals surface area contributed by atoms with Crippen LogP contribution >= 0.6 is 0 Å². The van der Waals surface area contributed by atoms with Crippen LogP contribution in [0.5, 0.6) is 11.5 Å². The summed E-state index contributed by atoms with van der Waals surface area (Å²) in [6.07, 6.45) is 5.37. The molecule has 1 fully saturated rings. The molecule has 0 bridgehead atoms. The van der Waals surface area contributed by atoms with E-state index in [1.165, 1.54) is 12.5 Å². The number of rotatable bonds is 3. The van der Waals surface area contributed by atoms with Crippen LogP contribution in [-0.2, 0) is 9.84 Å². The summed E-state index contributed by atoms with van der Waals surface area (Å²) >= 11 is 0. The highest BCUT2D eigenvalue weighted by Crippen LogP contribution is 2.33. The van der Waals surface area contributed by atoms with Crippen LogP contribution in [0.4, 0.5) is 0 Å². The molecule has 2 aliphatic heterocycles. The molecule has 4 rings (SSSR count). The van der Waals surface area contributed by atoms with Gasteiger partial charge in [0.1, 0.15) is 24.4 Å². The largest absolute Gasteiger partial charge is 0.486 e. The minimum atomic E-state index is -3.44. The summed E-state index contributed by atoms with van der Waals surface area (Å²) in [7, 11) is -3.44. The van der Waals surface area contributed by atoms with E-state index in [1.807, 2.05) is 0 Å². The van der Waals surface area contributed by atoms with Gasteiger partial charge in [0.15, 0.2) is 21.3 Å². The first-order chi connectivity index (χ1) is 13.4. The fourth-order valence-corrected chi connectivity index (χ4v) is 4.51. The Labute approximate surface area is 163 Å². The zero-order valence-electron chi connectivity index (χ0n) is 15.5. The zero-order chi connectivity index (χ0) is 19.7. The van der Waals surface area contributed by atoms with Crippen molar-refractivity contribution in [3.05, 3.63) is 42.0 Å². The van der Waals surface area contributed by atoms with Gasteiger partial charge in [-0.05, 0) is 31.0 Å². The molecule has 0 saturated carbocycles. The van der Waals surface area contributed by atoms with Gasteiger partial charge >= 0.3 is 0 Å². The zero-order valence-corrected chi connectivity index (χ0v) is 16.3. The molecule has 1 saturated heterocycles. The van der Waals surface area contributed by atoms with Gasteiger partial charge < -0.3 is 14.4 Å². The predicted molar refractivity (Wildman–Crippen MR) is 100 cm³/mol. The molecular weight excluding hydrogens is 382 g/mol. The molecule has 0 N–H and O–H groups in total. The fourth-order valence-electron chi connectivity index (χ4n) is 3.66. The molecule has 0 aliphatic carbocycles. The highest BCUT2D eigenvalue weighted by molar-refractivity contribution is 7.90. The third-order valence-electron chi connectivity index (χ3n) is 4.99. The van der Waals surface area contributed by atoms with Crippen molar-refractivity contribution >= 4 is 15.7 Å². The van der Waals surface area contributed by atoms with E-state index >= 15 is 0 Å². The molecular formula is C19H21N3O5S. The van der Waals surface area contributed by atoms with Crippen LogP contribution in [0.3, 0.4) is 0 Å². The standard InChI is InChI=1S/C19H21N3O5S/c1-28(24,25)17-10-20-12-21-18(17)14-3-2-6-22(11-14)19(23)13-4-5-15-16(9-13)27-8-7-26-15/h4-5,9-10,12,14H,2-3,6-8,11H2,1H3/t14-/m0/s1. The number of aromatic nitrogens is 2. The molecule has 1 amide bonds. The summed E-state index contributed by atoms with van der Waals surface area (Å²) in [5.41, 5.74) is 1.01. The Bertz CT molecular complexity index is 1010. The molecule has 148 valence electrons. The van der Waals surface area contributed by atoms with Crippen LogP contribution in [0, 0.1) is 0 Å². The third-order valence-corrected chi connectivity index (χ3v) is 6.11. The van der Waals surface area contributed by atoms with Gasteiger partial charge in [-0.25, -0.2) is 18.4 Å². The van der Waals surface area contributed by atoms with Gasteiger partial charge in [0, 0.05) is 37.0 Å². The smallest absolute Gasteiger partial charge is 0.254 e. The van der Waals surface area contributed by atoms with Crippen LogP contribution < -0.4 is 9.47 Å². The molecule has 0 unspecified atom stereocenters. The molecule has 9 heteroatoms. The van der Waals surface area contributed by atoms with Gasteiger partial charge in [0.2, 0.25) is 0 Å². The molecule has 1 aromatic carbocycles. The Morgan fingerprint density at radius 2 is 2.00 bits per heavy atom. The van der Waals surface area contributed by atoms with Gasteiger partial charge in [-0.15, -0.1) is 0 Å². The van der Waals surface area contributed by atoms with Crippen molar-refractivity contribution < 1.29 is 22.7 Å². The summed E-state index contributed by atoms with van der Waals surface area (Å²) in [5.74, 6) is 0.943. The molecule has 2 aromatic rings. The van der Waals surface area contributed by atoms with Crippen molar-refractivity contribution in [1.82, 2.24) is 14.9 Å². The average Bonchev–Trinajstić information content (AvgIpc) is 2.72. The van der Waals surface area contributed by atoms with Gasteiger partial charge in [0.25, 0.3) is 5.91 Å². The minimum Gasteiger partial charge on any atom is -0.486 e. The molecule has 2 aliphatic rings. The van der Waals surface area contributed by atoms with Crippen molar-refractivity contribution in [3.8, 4) is 11.5 Å². The molecule has 28 heavy (non-hydrogen) atoms. The van der Waals surface area contributed by atoms with E-state index in [9.17, 15) is 13.2 Å². The number of piperidine rings is 1. The summed E-state index contributed by atoms with van der Waals surface area (Å²) in [6, 6.07) is 5.18. The second-order valence-corrected chi connectivity index (χ2v) is 8.98. The Hall–Kier alpha value is -2.68. The second-order valence-electron chi connectivity index (χ2n) is 6.99. The Morgan fingerprint density at radius 3 is 2.79 bits per heavy atom. The Morgan fingerprint density at radius 1 is 1.21 bits per heavy atom. The molecule has 3 heterocycles. The van der Waals surface area contributed by atoms with Gasteiger partial charge in [-0.1, -0.05) is 0 Å². The predicted octanol–water partition coefficient (Wildman–Crippen LogP) is 1.67. The second kappa shape index (κ2) is 7.38. The van der Waals surface area contributed by atoms with E-state index in [0.29, 0.717) is 49.1 Å². The van der Waals surface area contributed by atoms with Gasteiger partial charge in [-0.2, -0.15) is 0 Å². The molecule has 0 spiro atoms. The highest BCUT2D eigenvalue weighted by Gasteiger charge is 2.30. The quantitative estimate of drug-likeness (QED) is 0.769. The number of likely N-dealkylation sites (tertiary alicyclic amines) is 1. The first kappa shape index (κ1) is 18.7. The Balaban J connectivity index is 1.57. The van der Waals surface area contributed by atoms with Crippen LogP contribution in [-0.4, -0.2) is 61.8 Å². The number of hydrogen-bond acceptors (Lipinski definition) is 7. The minimum absolute atomic E-state index is 0.114. The van der Waals surface area contributed by atoms with E-state index in [4.69, 9.17) is 9.47 Å². The van der Waals surface area contributed by atoms with Crippen LogP contribution in [0.1, 0.15) is 34.8 Å². The lowest BCUT2D eigenvalue weighted by molar-refractivity contribution is 0.0704. The topological polar surface area (TPSA) is 98.7 Å². The normalized spacial score (nSPS) is 19.3. The molecule has 1 aromatic heterocycles. The van der Waals surface area contributed by atoms with Crippen molar-refractivity contribution in [1.29, 1.82) is 0 Å². The summed E-state index contributed by atoms with van der Waals surface area (Å²) in [5, 5.41) is 0. The summed E-state index contributed by atoms with van der Waals surface area (Å²) in [6.45, 7) is 1.98. The number of nitrogens with zero attached hydrogens (tertiary/aromatic N) is 3. The number of fused-ring (bicyclic) bond motifs is 1. The van der Waals surface area contributed by atoms with Crippen molar-refractivity contribution in [2.24, 2.45) is 0 Å². The van der Waals surface area contributed by atoms with Crippen LogP contribution in [0.25, 0.3) is 0 Å². The van der Waals surface area contributed by atoms with E-state index < -0.39 is 9.84 Å². The van der Waals surface area contributed by atoms with E-state index in [0.717, 1.165) is 19.1 Å². The van der Waals surface area contributed by atoms with E-state index in [1.54, 1.807) is 23.1 Å². The van der Waals surface area contributed by atoms with Crippen molar-refractivity contribution in [2.45, 2.75) is 23.7 Å². The van der Waals surface area contributed by atoms with Crippen molar-refractivity contribution in [2.75, 3.05) is 32.6 Å². The maximum Gasteiger partial charge on any atom is 0.254 e. The lowest BCUT2D eigenvalue weighted by Gasteiger charge is -2.33. The first-order valence-corrected chi connectivity index (χ1v) is 11.0. The maximum absolute atomic E-state index is 13.0. The molecule has 1 atom stereocenters. The van der Waals surface area contributed by atoms with Gasteiger partial charge in [-0.3, -0.25) is 4.79 Å². The number of benzene rings is 1. The van der Waals surface area contributed by atoms with E-state index in [-0.39, 0.29) is 16.7 Å². The number of sulfone groups is 1. The summed E-state index contributed by atoms with van der Waals surface area (Å²) in [4.78, 5) is 23.0. The first-order valence-electron chi connectivity index (χ1n) is 9.12. The molecule has 0 radical (unpaired) electrons. The Kier molecular flexibility index (Phi) is 4.92. The number of carbonyl (C=O) groups is 1. The maximum atomic E-state index is 13.0. The third kappa shape index (κ3) is 3.66. The lowest BCUT2D eigenvalue weighted by Crippen LogP contribution is -2.39. The van der Waals surface area contributed by atoms with Crippen LogP contribution in [0.15, 0.2) is 35.6 Å². The monoisotopic (exact) mass is 403 g/mol. The van der Waals surface area contributed by atoms with Crippen molar-refractivity contribution in [3.63, 3.8) is 0 Å². The number of ether oxygens (including phenoxy) is 2. The SMILES string of the molecule is CS(=O)(=O)c1cncnc1[C@H]1CCCN(C(=O)c2ccc3c(c2)OCCO3)C1. The summed E-state index contributed by atoms with van der Waals surface area (Å²) < 4.78 is 35.2. The highest BCUT2D eigenvalue weighted by atomic mass is 32.2. The fraction of sp³-hybridized carbons (Fsp3) is 0.421. The lowest BCUT2D eigenvalue weighted by atomic mass is 9.94. The average molecular weight is 403 g/mol. The number of carbonyl (C=O) groups excluding carboxylic acids is 1. The molecule has 8 nitrogen and oxygen atoms in total. The van der Waals surface area contributed by atoms with Crippen LogP contribution in [0.2, 0.25) is 0 Å². The van der Waals surface area contributed by atoms with Gasteiger partial charge in [0.05, 0.1) is 5.69 Å². The number of hydrogen-bond donors (Lipinski definition) is 0. The van der Waals surface area contributed by atoms with E-state index in [2.05, 4.69) is 9.97 Å².